The summed E-state index contributed by atoms with van der Waals surface area (Å²) in [6.07, 6.45) is 0. The molecule has 1 aromatic carbocycles. The highest BCUT2D eigenvalue weighted by molar-refractivity contribution is 14.1. The maximum atomic E-state index is 10.9. The van der Waals surface area contributed by atoms with Gasteiger partial charge in [-0.15, -0.1) is 0 Å². The molecule has 8 heteroatoms. The third-order valence-electron chi connectivity index (χ3n) is 1.54. The van der Waals surface area contributed by atoms with Gasteiger partial charge in [-0.2, -0.15) is 0 Å². The molecule has 0 radical (unpaired) electrons. The summed E-state index contributed by atoms with van der Waals surface area (Å²) in [7, 11) is 0. The Labute approximate surface area is 128 Å². The first-order chi connectivity index (χ1) is 7.15. The molecule has 0 atom stereocenters. The lowest BCUT2D eigenvalue weighted by atomic mass is 10.2. The maximum absolute atomic E-state index is 10.9. The van der Waals surface area contributed by atoms with Crippen molar-refractivity contribution in [2.45, 2.75) is 0 Å². The normalized spacial score (nSPS) is 9.53. The minimum atomic E-state index is -1.09. The molecule has 82 valence electrons. The Balaban J connectivity index is 3.40. The van der Waals surface area contributed by atoms with Crippen LogP contribution in [0.2, 0.25) is 0 Å². The average molecular weight is 548 g/mol. The zero-order valence-electron chi connectivity index (χ0n) is 6.87. The molecule has 0 aliphatic carbocycles. The number of benzene rings is 1. The predicted molar refractivity (Wildman–Crippen MR) is 77.3 cm³/mol. The number of carbonyl (C=O) groups is 1. The van der Waals surface area contributed by atoms with E-state index >= 15 is 0 Å². The molecular weight excluding hydrogens is 545 g/mol. The fourth-order valence-electron chi connectivity index (χ4n) is 0.923. The molecule has 5 nitrogen and oxygen atoms in total. The molecule has 1 aromatic rings. The lowest BCUT2D eigenvalue weighted by molar-refractivity contribution is 0.0695. The molecule has 0 unspecified atom stereocenters. The minimum absolute atomic E-state index is 0.0215. The van der Waals surface area contributed by atoms with Crippen LogP contribution in [-0.2, 0) is 0 Å². The highest BCUT2D eigenvalue weighted by Gasteiger charge is 2.21. The van der Waals surface area contributed by atoms with Gasteiger partial charge in [-0.05, 0) is 12.1 Å². The van der Waals surface area contributed by atoms with Crippen molar-refractivity contribution in [3.63, 3.8) is 0 Å². The first-order valence-corrected chi connectivity index (χ1v) is 6.06. The zero-order valence-corrected chi connectivity index (χ0v) is 13.3. The van der Waals surface area contributed by atoms with E-state index in [1.54, 1.807) is 69.0 Å². The second-order valence-corrected chi connectivity index (χ2v) is 3.63. The van der Waals surface area contributed by atoms with Crippen LogP contribution in [0.3, 0.4) is 0 Å². The Hall–Kier alpha value is 0.280. The van der Waals surface area contributed by atoms with E-state index in [0.29, 0.717) is 5.75 Å². The van der Waals surface area contributed by atoms with Crippen LogP contribution >= 0.6 is 69.0 Å². The van der Waals surface area contributed by atoms with Gasteiger partial charge in [0.25, 0.3) is 0 Å². The summed E-state index contributed by atoms with van der Waals surface area (Å²) in [5.74, 6) is -0.302. The molecular formula is C7H3I3O5. The molecule has 1 rings (SSSR count). The van der Waals surface area contributed by atoms with Crippen LogP contribution in [0.4, 0.5) is 0 Å². The van der Waals surface area contributed by atoms with Gasteiger partial charge in [0.15, 0.2) is 80.5 Å². The van der Waals surface area contributed by atoms with Gasteiger partial charge in [0.05, 0.1) is 0 Å². The number of carboxylic acids is 1. The van der Waals surface area contributed by atoms with E-state index in [0.717, 1.165) is 0 Å². The molecule has 0 saturated carbocycles. The van der Waals surface area contributed by atoms with Gasteiger partial charge in [0.2, 0.25) is 5.75 Å². The van der Waals surface area contributed by atoms with Crippen molar-refractivity contribution < 1.29 is 19.1 Å². The largest absolute Gasteiger partial charge is 0.478 e. The molecule has 0 aliphatic heterocycles. The van der Waals surface area contributed by atoms with Gasteiger partial charge in [0.1, 0.15) is 5.56 Å². The van der Waals surface area contributed by atoms with E-state index in [1.807, 2.05) is 0 Å². The molecule has 0 saturated heterocycles. The summed E-state index contributed by atoms with van der Waals surface area (Å²) in [4.78, 5) is 10.9. The standard InChI is InChI=1S/C7H3I3O5/c8-13-4-2-1-3(7(11)12)5(14-9)6(4)15-10/h1-2H,(H,11,12). The van der Waals surface area contributed by atoms with Gasteiger partial charge in [0, 0.05) is 0 Å². The monoisotopic (exact) mass is 548 g/mol. The van der Waals surface area contributed by atoms with Crippen LogP contribution in [0.5, 0.6) is 17.2 Å². The van der Waals surface area contributed by atoms with E-state index < -0.39 is 5.97 Å². The second-order valence-electron chi connectivity index (χ2n) is 2.31. The van der Waals surface area contributed by atoms with Crippen molar-refractivity contribution in [1.82, 2.24) is 0 Å². The Morgan fingerprint density at radius 2 is 1.67 bits per heavy atom. The van der Waals surface area contributed by atoms with Crippen LogP contribution in [0.15, 0.2) is 12.1 Å². The second kappa shape index (κ2) is 6.12. The van der Waals surface area contributed by atoms with E-state index in [-0.39, 0.29) is 17.1 Å². The van der Waals surface area contributed by atoms with Crippen LogP contribution in [0.1, 0.15) is 10.4 Å². The topological polar surface area (TPSA) is 65.0 Å². The fourth-order valence-corrected chi connectivity index (χ4v) is 2.12. The zero-order chi connectivity index (χ0) is 11.4. The van der Waals surface area contributed by atoms with Gasteiger partial charge >= 0.3 is 5.97 Å². The van der Waals surface area contributed by atoms with Crippen molar-refractivity contribution >= 4 is 75.0 Å². The summed E-state index contributed by atoms with van der Waals surface area (Å²) >= 11 is 4.90. The average Bonchev–Trinajstić information content (AvgIpc) is 2.26. The smallest absolute Gasteiger partial charge is 0.339 e. The van der Waals surface area contributed by atoms with Crippen LogP contribution in [0, 0.1) is 0 Å². The van der Waals surface area contributed by atoms with Crippen molar-refractivity contribution in [3.8, 4) is 17.2 Å². The third-order valence-corrected chi connectivity index (χ3v) is 2.90. The van der Waals surface area contributed by atoms with Gasteiger partial charge in [-0.1, -0.05) is 0 Å². The van der Waals surface area contributed by atoms with Crippen LogP contribution in [0.25, 0.3) is 0 Å². The van der Waals surface area contributed by atoms with E-state index in [9.17, 15) is 4.79 Å². The molecule has 0 aromatic heterocycles. The lowest BCUT2D eigenvalue weighted by Crippen LogP contribution is -2.00. The Morgan fingerprint density at radius 1 is 1.07 bits per heavy atom. The number of rotatable bonds is 4. The van der Waals surface area contributed by atoms with Gasteiger partial charge in [-0.25, -0.2) is 4.79 Å². The molecule has 0 amide bonds. The first-order valence-electron chi connectivity index (χ1n) is 3.41. The molecule has 0 heterocycles. The van der Waals surface area contributed by atoms with Crippen molar-refractivity contribution in [2.75, 3.05) is 0 Å². The summed E-state index contributed by atoms with van der Waals surface area (Å²) in [6, 6.07) is 2.90. The van der Waals surface area contributed by atoms with Crippen molar-refractivity contribution in [1.29, 1.82) is 0 Å². The number of hydrogen-bond donors (Lipinski definition) is 1. The molecule has 0 bridgehead atoms. The van der Waals surface area contributed by atoms with E-state index in [4.69, 9.17) is 14.3 Å². The summed E-state index contributed by atoms with van der Waals surface area (Å²) in [6.45, 7) is 0. The summed E-state index contributed by atoms with van der Waals surface area (Å²) in [5, 5.41) is 8.90. The third kappa shape index (κ3) is 2.89. The number of carboxylic acid groups (broad SMARTS) is 1. The number of hydrogen-bond acceptors (Lipinski definition) is 4. The maximum Gasteiger partial charge on any atom is 0.339 e. The van der Waals surface area contributed by atoms with E-state index in [1.165, 1.54) is 12.1 Å². The van der Waals surface area contributed by atoms with Gasteiger partial charge < -0.3 is 14.3 Å². The SMILES string of the molecule is O=C(O)c1ccc(OI)c(OI)c1OI. The molecule has 15 heavy (non-hydrogen) atoms. The Morgan fingerprint density at radius 3 is 2.07 bits per heavy atom. The molecule has 1 N–H and O–H groups in total. The highest BCUT2D eigenvalue weighted by atomic mass is 127. The fraction of sp³-hybridized carbons (Fsp3) is 0. The highest BCUT2D eigenvalue weighted by Crippen LogP contribution is 2.42. The summed E-state index contributed by atoms with van der Waals surface area (Å²) in [5.41, 5.74) is 0.0215. The predicted octanol–water partition coefficient (Wildman–Crippen LogP) is 3.57. The summed E-state index contributed by atoms with van der Waals surface area (Å²) < 4.78 is 14.9. The van der Waals surface area contributed by atoms with Crippen molar-refractivity contribution in [2.24, 2.45) is 0 Å². The number of halogens is 3. The minimum Gasteiger partial charge on any atom is -0.478 e. The Bertz CT molecular complexity index is 381. The van der Waals surface area contributed by atoms with E-state index in [2.05, 4.69) is 0 Å². The Kier molecular flexibility index (Phi) is 5.45. The molecule has 0 aliphatic rings. The van der Waals surface area contributed by atoms with Crippen LogP contribution < -0.4 is 9.20 Å². The quantitative estimate of drug-likeness (QED) is 0.584. The van der Waals surface area contributed by atoms with Gasteiger partial charge in [-0.3, -0.25) is 0 Å². The first kappa shape index (κ1) is 13.3. The lowest BCUT2D eigenvalue weighted by Gasteiger charge is -2.10. The molecule has 0 spiro atoms. The van der Waals surface area contributed by atoms with Crippen LogP contribution in [-0.4, -0.2) is 11.1 Å². The van der Waals surface area contributed by atoms with Crippen molar-refractivity contribution in [3.05, 3.63) is 17.7 Å². The number of aromatic carboxylic acids is 1. The molecule has 0 fully saturated rings.